The van der Waals surface area contributed by atoms with Crippen molar-refractivity contribution in [2.24, 2.45) is 7.05 Å². The highest BCUT2D eigenvalue weighted by molar-refractivity contribution is 6.30. The smallest absolute Gasteiger partial charge is 0.227 e. The number of aliphatic hydroxyl groups is 1. The number of hydrogen-bond acceptors (Lipinski definition) is 3. The van der Waals surface area contributed by atoms with Gasteiger partial charge >= 0.3 is 0 Å². The lowest BCUT2D eigenvalue weighted by atomic mass is 10.1. The van der Waals surface area contributed by atoms with Gasteiger partial charge in [0.1, 0.15) is 5.15 Å². The van der Waals surface area contributed by atoms with E-state index in [9.17, 15) is 9.90 Å². The van der Waals surface area contributed by atoms with E-state index >= 15 is 0 Å². The maximum atomic E-state index is 12.3. The topological polar surface area (TPSA) is 58.4 Å². The third kappa shape index (κ3) is 4.21. The number of rotatable bonds is 5. The molecule has 1 amide bonds. The van der Waals surface area contributed by atoms with Gasteiger partial charge in [-0.3, -0.25) is 9.48 Å². The monoisotopic (exact) mass is 287 g/mol. The van der Waals surface area contributed by atoms with Crippen LogP contribution in [0.4, 0.5) is 0 Å². The van der Waals surface area contributed by atoms with Gasteiger partial charge in [-0.1, -0.05) is 11.6 Å². The van der Waals surface area contributed by atoms with Gasteiger partial charge in [0.25, 0.3) is 0 Å². The van der Waals surface area contributed by atoms with Gasteiger partial charge in [-0.2, -0.15) is 5.10 Å². The first-order chi connectivity index (χ1) is 8.65. The summed E-state index contributed by atoms with van der Waals surface area (Å²) in [6.45, 7) is 7.96. The largest absolute Gasteiger partial charge is 0.389 e. The number of amides is 1. The maximum absolute atomic E-state index is 12.3. The zero-order valence-corrected chi connectivity index (χ0v) is 13.0. The summed E-state index contributed by atoms with van der Waals surface area (Å²) in [5.41, 5.74) is 0.614. The summed E-state index contributed by atoms with van der Waals surface area (Å²) in [6.07, 6.45) is 0.211. The number of halogens is 1. The van der Waals surface area contributed by atoms with Crippen LogP contribution in [0.25, 0.3) is 0 Å². The minimum Gasteiger partial charge on any atom is -0.389 e. The van der Waals surface area contributed by atoms with Gasteiger partial charge in [0, 0.05) is 25.7 Å². The number of likely N-dealkylation sites (N-methyl/N-ethyl adjacent to an activating group) is 1. The second-order valence-electron chi connectivity index (χ2n) is 5.38. The van der Waals surface area contributed by atoms with Gasteiger partial charge in [-0.05, 0) is 27.7 Å². The summed E-state index contributed by atoms with van der Waals surface area (Å²) in [7, 11) is 1.75. The van der Waals surface area contributed by atoms with E-state index in [-0.39, 0.29) is 12.3 Å². The highest BCUT2D eigenvalue weighted by Crippen LogP contribution is 2.20. The fourth-order valence-electron chi connectivity index (χ4n) is 1.98. The van der Waals surface area contributed by atoms with E-state index in [1.165, 1.54) is 0 Å². The van der Waals surface area contributed by atoms with Crippen LogP contribution in [-0.4, -0.2) is 44.4 Å². The second-order valence-corrected chi connectivity index (χ2v) is 5.73. The third-order valence-corrected chi connectivity index (χ3v) is 3.38. The Bertz CT molecular complexity index is 463. The molecule has 0 unspecified atom stereocenters. The molecule has 19 heavy (non-hydrogen) atoms. The molecule has 5 nitrogen and oxygen atoms in total. The highest BCUT2D eigenvalue weighted by Gasteiger charge is 2.23. The van der Waals surface area contributed by atoms with E-state index < -0.39 is 5.60 Å². The molecule has 0 aromatic carbocycles. The Balaban J connectivity index is 2.83. The summed E-state index contributed by atoms with van der Waals surface area (Å²) >= 11 is 6.12. The van der Waals surface area contributed by atoms with Gasteiger partial charge in [0.2, 0.25) is 5.91 Å². The molecule has 1 heterocycles. The fourth-order valence-corrected chi connectivity index (χ4v) is 2.22. The van der Waals surface area contributed by atoms with Gasteiger partial charge in [0.05, 0.1) is 17.7 Å². The molecular weight excluding hydrogens is 266 g/mol. The van der Waals surface area contributed by atoms with Crippen LogP contribution in [0.3, 0.4) is 0 Å². The predicted octanol–water partition coefficient (Wildman–Crippen LogP) is 1.54. The Kier molecular flexibility index (Phi) is 4.98. The van der Waals surface area contributed by atoms with Crippen LogP contribution in [-0.2, 0) is 18.3 Å². The summed E-state index contributed by atoms with van der Waals surface area (Å²) in [4.78, 5) is 13.9. The first-order valence-corrected chi connectivity index (χ1v) is 6.71. The third-order valence-electron chi connectivity index (χ3n) is 2.91. The minimum atomic E-state index is -0.903. The van der Waals surface area contributed by atoms with Crippen molar-refractivity contribution < 1.29 is 9.90 Å². The normalized spacial score (nSPS) is 11.7. The number of carbonyl (C=O) groups excluding carboxylic acids is 1. The lowest BCUT2D eigenvalue weighted by Crippen LogP contribution is -2.42. The number of aryl methyl sites for hydroxylation is 2. The van der Waals surface area contributed by atoms with E-state index in [2.05, 4.69) is 5.10 Å². The maximum Gasteiger partial charge on any atom is 0.227 e. The van der Waals surface area contributed by atoms with E-state index in [4.69, 9.17) is 11.6 Å². The van der Waals surface area contributed by atoms with Crippen molar-refractivity contribution in [1.82, 2.24) is 14.7 Å². The quantitative estimate of drug-likeness (QED) is 0.894. The van der Waals surface area contributed by atoms with Crippen molar-refractivity contribution in [2.75, 3.05) is 13.1 Å². The van der Waals surface area contributed by atoms with Crippen LogP contribution in [0, 0.1) is 6.92 Å². The van der Waals surface area contributed by atoms with Crippen LogP contribution >= 0.6 is 11.6 Å². The molecule has 1 rings (SSSR count). The highest BCUT2D eigenvalue weighted by atomic mass is 35.5. The molecule has 1 aromatic heterocycles. The zero-order valence-electron chi connectivity index (χ0n) is 12.2. The Labute approximate surface area is 119 Å². The molecule has 1 aromatic rings. The summed E-state index contributed by atoms with van der Waals surface area (Å²) in [6, 6.07) is 0. The molecule has 0 spiro atoms. The molecule has 0 bridgehead atoms. The van der Waals surface area contributed by atoms with E-state index in [0.29, 0.717) is 18.2 Å². The predicted molar refractivity (Wildman–Crippen MR) is 75.2 cm³/mol. The lowest BCUT2D eigenvalue weighted by molar-refractivity contribution is -0.133. The second kappa shape index (κ2) is 5.92. The van der Waals surface area contributed by atoms with E-state index in [0.717, 1.165) is 11.3 Å². The molecule has 1 N–H and O–H groups in total. The molecule has 0 fully saturated rings. The minimum absolute atomic E-state index is 0.0531. The molecule has 0 saturated heterocycles. The number of hydrogen-bond donors (Lipinski definition) is 1. The molecule has 0 aliphatic heterocycles. The van der Waals surface area contributed by atoms with Crippen molar-refractivity contribution in [3.8, 4) is 0 Å². The SMILES string of the molecule is CCN(CC(C)(C)O)C(=O)Cc1c(C)nn(C)c1Cl. The van der Waals surface area contributed by atoms with Crippen molar-refractivity contribution in [2.45, 2.75) is 39.7 Å². The molecule has 6 heteroatoms. The van der Waals surface area contributed by atoms with Crippen molar-refractivity contribution in [3.05, 3.63) is 16.4 Å². The van der Waals surface area contributed by atoms with Gasteiger partial charge < -0.3 is 10.0 Å². The zero-order chi connectivity index (χ0) is 14.8. The Morgan fingerprint density at radius 3 is 2.47 bits per heavy atom. The summed E-state index contributed by atoms with van der Waals surface area (Å²) < 4.78 is 1.56. The average Bonchev–Trinajstić information content (AvgIpc) is 2.51. The average molecular weight is 288 g/mol. The Morgan fingerprint density at radius 2 is 2.11 bits per heavy atom. The standard InChI is InChI=1S/C13H22ClN3O2/c1-6-17(8-13(3,4)19)11(18)7-10-9(2)15-16(5)12(10)14/h19H,6-8H2,1-5H3. The van der Waals surface area contributed by atoms with Crippen LogP contribution in [0.2, 0.25) is 5.15 Å². The molecule has 0 aliphatic carbocycles. The molecule has 0 atom stereocenters. The molecule has 0 radical (unpaired) electrons. The van der Waals surface area contributed by atoms with E-state index in [1.807, 2.05) is 13.8 Å². The van der Waals surface area contributed by atoms with Crippen molar-refractivity contribution in [3.63, 3.8) is 0 Å². The Morgan fingerprint density at radius 1 is 1.53 bits per heavy atom. The van der Waals surface area contributed by atoms with Crippen LogP contribution in [0.15, 0.2) is 0 Å². The number of nitrogens with zero attached hydrogens (tertiary/aromatic N) is 3. The number of carbonyl (C=O) groups is 1. The van der Waals surface area contributed by atoms with Crippen LogP contribution in [0.5, 0.6) is 0 Å². The Hall–Kier alpha value is -1.07. The van der Waals surface area contributed by atoms with Crippen LogP contribution < -0.4 is 0 Å². The number of aromatic nitrogens is 2. The van der Waals surface area contributed by atoms with Crippen molar-refractivity contribution >= 4 is 17.5 Å². The van der Waals surface area contributed by atoms with E-state index in [1.54, 1.807) is 30.5 Å². The van der Waals surface area contributed by atoms with Gasteiger partial charge in [-0.25, -0.2) is 0 Å². The van der Waals surface area contributed by atoms with Crippen LogP contribution in [0.1, 0.15) is 32.0 Å². The molecule has 0 aliphatic rings. The van der Waals surface area contributed by atoms with Gasteiger partial charge in [0.15, 0.2) is 0 Å². The first-order valence-electron chi connectivity index (χ1n) is 6.33. The van der Waals surface area contributed by atoms with Gasteiger partial charge in [-0.15, -0.1) is 0 Å². The lowest BCUT2D eigenvalue weighted by Gasteiger charge is -2.28. The fraction of sp³-hybridized carbons (Fsp3) is 0.692. The molecular formula is C13H22ClN3O2. The van der Waals surface area contributed by atoms with Crippen molar-refractivity contribution in [1.29, 1.82) is 0 Å². The summed E-state index contributed by atoms with van der Waals surface area (Å²) in [5.74, 6) is -0.0531. The summed E-state index contributed by atoms with van der Waals surface area (Å²) in [5, 5.41) is 14.5. The first kappa shape index (κ1) is 16.0. The molecule has 0 saturated carbocycles. The molecule has 108 valence electrons.